The second kappa shape index (κ2) is 4.61. The van der Waals surface area contributed by atoms with Crippen LogP contribution in [0.5, 0.6) is 6.08 Å². The van der Waals surface area contributed by atoms with Gasteiger partial charge < -0.3 is 14.9 Å². The Labute approximate surface area is 106 Å². The van der Waals surface area contributed by atoms with Gasteiger partial charge in [0.2, 0.25) is 0 Å². The van der Waals surface area contributed by atoms with Crippen molar-refractivity contribution in [1.82, 2.24) is 4.98 Å². The molecule has 1 aromatic heterocycles. The quantitative estimate of drug-likeness (QED) is 0.904. The van der Waals surface area contributed by atoms with Gasteiger partial charge in [0.1, 0.15) is 12.1 Å². The van der Waals surface area contributed by atoms with Crippen molar-refractivity contribution in [2.75, 3.05) is 6.61 Å². The molecule has 0 unspecified atom stereocenters. The van der Waals surface area contributed by atoms with Crippen molar-refractivity contribution in [3.8, 4) is 6.08 Å². The average Bonchev–Trinajstić information content (AvgIpc) is 2.80. The Kier molecular flexibility index (Phi) is 2.96. The molecule has 18 heavy (non-hydrogen) atoms. The third-order valence-electron chi connectivity index (χ3n) is 3.61. The van der Waals surface area contributed by atoms with E-state index in [-0.39, 0.29) is 5.54 Å². The highest BCUT2D eigenvalue weighted by atomic mass is 16.6. The largest absolute Gasteiger partial charge is 0.448 e. The molecule has 1 saturated carbocycles. The number of hydrogen-bond acceptors (Lipinski definition) is 4. The molecule has 2 N–H and O–H groups in total. The summed E-state index contributed by atoms with van der Waals surface area (Å²) in [4.78, 5) is 4.28. The molecule has 96 valence electrons. The number of ether oxygens (including phenoxy) is 1. The Morgan fingerprint density at radius 2 is 2.00 bits per heavy atom. The van der Waals surface area contributed by atoms with Crippen LogP contribution in [0.15, 0.2) is 28.7 Å². The summed E-state index contributed by atoms with van der Waals surface area (Å²) in [5, 5.41) is 0. The van der Waals surface area contributed by atoms with Gasteiger partial charge in [-0.3, -0.25) is 0 Å². The predicted octanol–water partition coefficient (Wildman–Crippen LogP) is 2.87. The van der Waals surface area contributed by atoms with Gasteiger partial charge in [0.05, 0.1) is 5.54 Å². The van der Waals surface area contributed by atoms with Crippen molar-refractivity contribution < 1.29 is 9.15 Å². The van der Waals surface area contributed by atoms with Crippen LogP contribution >= 0.6 is 0 Å². The van der Waals surface area contributed by atoms with Crippen LogP contribution in [-0.4, -0.2) is 17.1 Å². The summed E-state index contributed by atoms with van der Waals surface area (Å²) < 4.78 is 11.1. The van der Waals surface area contributed by atoms with E-state index in [9.17, 15) is 0 Å². The highest BCUT2D eigenvalue weighted by molar-refractivity contribution is 5.72. The Balaban J connectivity index is 1.69. The third kappa shape index (κ3) is 2.34. The second-order valence-corrected chi connectivity index (χ2v) is 5.16. The number of para-hydroxylation sites is 2. The zero-order valence-electron chi connectivity index (χ0n) is 10.4. The van der Waals surface area contributed by atoms with E-state index in [1.807, 2.05) is 24.3 Å². The maximum atomic E-state index is 6.31. The molecule has 0 bridgehead atoms. The monoisotopic (exact) mass is 246 g/mol. The predicted molar refractivity (Wildman–Crippen MR) is 69.5 cm³/mol. The Hall–Kier alpha value is -1.55. The minimum Gasteiger partial charge on any atom is -0.448 e. The normalized spacial score (nSPS) is 18.9. The van der Waals surface area contributed by atoms with E-state index in [1.165, 1.54) is 19.3 Å². The number of fused-ring (bicyclic) bond motifs is 1. The number of oxazole rings is 1. The Bertz CT molecular complexity index is 496. The molecular weight excluding hydrogens is 228 g/mol. The lowest BCUT2D eigenvalue weighted by molar-refractivity contribution is 0.142. The summed E-state index contributed by atoms with van der Waals surface area (Å²) >= 11 is 0. The molecule has 0 saturated heterocycles. The first-order valence-corrected chi connectivity index (χ1v) is 6.52. The van der Waals surface area contributed by atoms with Crippen LogP contribution in [-0.2, 0) is 0 Å². The van der Waals surface area contributed by atoms with E-state index in [1.54, 1.807) is 0 Å². The molecular formula is C14H18N2O2. The molecule has 4 nitrogen and oxygen atoms in total. The molecule has 1 heterocycles. The van der Waals surface area contributed by atoms with Crippen LogP contribution in [0.1, 0.15) is 32.1 Å². The van der Waals surface area contributed by atoms with Crippen molar-refractivity contribution in [3.63, 3.8) is 0 Å². The van der Waals surface area contributed by atoms with E-state index in [0.29, 0.717) is 12.7 Å². The summed E-state index contributed by atoms with van der Waals surface area (Å²) in [7, 11) is 0. The smallest absolute Gasteiger partial charge is 0.394 e. The van der Waals surface area contributed by atoms with Crippen LogP contribution < -0.4 is 10.5 Å². The van der Waals surface area contributed by atoms with Gasteiger partial charge in [0.15, 0.2) is 5.58 Å². The maximum Gasteiger partial charge on any atom is 0.394 e. The average molecular weight is 246 g/mol. The van der Waals surface area contributed by atoms with Gasteiger partial charge >= 0.3 is 6.08 Å². The summed E-state index contributed by atoms with van der Waals surface area (Å²) in [6, 6.07) is 7.64. The molecule has 0 amide bonds. The number of nitrogens with two attached hydrogens (primary N) is 1. The minimum atomic E-state index is -0.209. The Morgan fingerprint density at radius 3 is 2.78 bits per heavy atom. The topological polar surface area (TPSA) is 61.3 Å². The summed E-state index contributed by atoms with van der Waals surface area (Å²) in [6.07, 6.45) is 6.02. The van der Waals surface area contributed by atoms with Gasteiger partial charge in [0.25, 0.3) is 0 Å². The van der Waals surface area contributed by atoms with Crippen molar-refractivity contribution in [3.05, 3.63) is 24.3 Å². The molecule has 4 heteroatoms. The van der Waals surface area contributed by atoms with Gasteiger partial charge in [-0.1, -0.05) is 31.4 Å². The highest BCUT2D eigenvalue weighted by Crippen LogP contribution is 2.27. The van der Waals surface area contributed by atoms with E-state index in [0.717, 1.165) is 23.9 Å². The lowest BCUT2D eigenvalue weighted by Gasteiger charge is -2.32. The first-order chi connectivity index (χ1) is 8.75. The van der Waals surface area contributed by atoms with Crippen LogP contribution in [0.2, 0.25) is 0 Å². The van der Waals surface area contributed by atoms with Crippen molar-refractivity contribution in [2.45, 2.75) is 37.6 Å². The number of aromatic nitrogens is 1. The van der Waals surface area contributed by atoms with Gasteiger partial charge in [-0.05, 0) is 25.0 Å². The molecule has 2 aromatic rings. The molecule has 1 aromatic carbocycles. The fourth-order valence-corrected chi connectivity index (χ4v) is 2.52. The van der Waals surface area contributed by atoms with Gasteiger partial charge in [0, 0.05) is 0 Å². The third-order valence-corrected chi connectivity index (χ3v) is 3.61. The van der Waals surface area contributed by atoms with Gasteiger partial charge in [-0.2, -0.15) is 4.98 Å². The van der Waals surface area contributed by atoms with Crippen LogP contribution in [0.4, 0.5) is 0 Å². The maximum absolute atomic E-state index is 6.31. The van der Waals surface area contributed by atoms with E-state index in [2.05, 4.69) is 4.98 Å². The van der Waals surface area contributed by atoms with Crippen LogP contribution in [0, 0.1) is 0 Å². The number of benzene rings is 1. The number of nitrogens with zero attached hydrogens (tertiary/aromatic N) is 1. The molecule has 1 aliphatic rings. The lowest BCUT2D eigenvalue weighted by atomic mass is 9.83. The first kappa shape index (κ1) is 11.5. The molecule has 0 spiro atoms. The van der Waals surface area contributed by atoms with Crippen molar-refractivity contribution in [2.24, 2.45) is 5.73 Å². The number of hydrogen-bond donors (Lipinski definition) is 1. The van der Waals surface area contributed by atoms with Gasteiger partial charge in [-0.15, -0.1) is 0 Å². The van der Waals surface area contributed by atoms with Gasteiger partial charge in [-0.25, -0.2) is 0 Å². The van der Waals surface area contributed by atoms with Crippen molar-refractivity contribution >= 4 is 11.1 Å². The lowest BCUT2D eigenvalue weighted by Crippen LogP contribution is -2.47. The molecule has 0 aliphatic heterocycles. The van der Waals surface area contributed by atoms with Crippen LogP contribution in [0.3, 0.4) is 0 Å². The van der Waals surface area contributed by atoms with Crippen LogP contribution in [0.25, 0.3) is 11.1 Å². The molecule has 1 aliphatic carbocycles. The van der Waals surface area contributed by atoms with E-state index in [4.69, 9.17) is 14.9 Å². The summed E-state index contributed by atoms with van der Waals surface area (Å²) in [6.45, 7) is 0.486. The second-order valence-electron chi connectivity index (χ2n) is 5.16. The minimum absolute atomic E-state index is 0.209. The molecule has 1 fully saturated rings. The van der Waals surface area contributed by atoms with Crippen molar-refractivity contribution in [1.29, 1.82) is 0 Å². The van der Waals surface area contributed by atoms with E-state index >= 15 is 0 Å². The molecule has 3 rings (SSSR count). The summed E-state index contributed by atoms with van der Waals surface area (Å²) in [5.74, 6) is 0. The standard InChI is InChI=1S/C14H18N2O2/c15-14(8-4-1-5-9-14)10-17-13-16-11-6-2-3-7-12(11)18-13/h2-3,6-7H,1,4-5,8-10,15H2. The SMILES string of the molecule is NC1(COc2nc3ccccc3o2)CCCCC1. The fraction of sp³-hybridized carbons (Fsp3) is 0.500. The summed E-state index contributed by atoms with van der Waals surface area (Å²) in [5.41, 5.74) is 7.67. The van der Waals surface area contributed by atoms with E-state index < -0.39 is 0 Å². The first-order valence-electron chi connectivity index (χ1n) is 6.52. The Morgan fingerprint density at radius 1 is 1.22 bits per heavy atom. The molecule has 0 atom stereocenters. The zero-order valence-corrected chi connectivity index (χ0v) is 10.4. The zero-order chi connectivity index (χ0) is 12.4. The highest BCUT2D eigenvalue weighted by Gasteiger charge is 2.28. The number of rotatable bonds is 3. The fourth-order valence-electron chi connectivity index (χ4n) is 2.52. The molecule has 0 radical (unpaired) electrons.